The van der Waals surface area contributed by atoms with Crippen LogP contribution >= 0.6 is 0 Å². The molecule has 6 aliphatic rings. The van der Waals surface area contributed by atoms with Gasteiger partial charge in [0.2, 0.25) is 17.4 Å². The van der Waals surface area contributed by atoms with Gasteiger partial charge >= 0.3 is 5.97 Å². The molecule has 1 aliphatic carbocycles. The summed E-state index contributed by atoms with van der Waals surface area (Å²) < 4.78 is 39.4. The molecule has 0 spiro atoms. The number of carboxylic acid groups (broad SMARTS) is 1. The van der Waals surface area contributed by atoms with E-state index in [2.05, 4.69) is 30.4 Å². The number of benzene rings is 1. The minimum Gasteiger partial charge on any atom is -0.477 e. The van der Waals surface area contributed by atoms with Crippen molar-refractivity contribution >= 4 is 29.1 Å². The summed E-state index contributed by atoms with van der Waals surface area (Å²) in [4.78, 5) is 29.7. The molecule has 1 saturated heterocycles. The minimum atomic E-state index is -2.66. The standard InChI is InChI=1S/C36H41F2N9O4/c1-21(48)44-13-11-31-29(20-44)35(46-12-3-4-22-14-27(23-16-39-43(2)17-23)28(34(37)38)15-32(22)46)42-47(31)24-5-7-25(8-6-24)51-26-18-45(19-26)33-10-9-30(36(49)50)40-41-33/h9-10,14-17,25-26,34,40-41H,3-8,11-13,18-20H2,1-2H3/p+1. The van der Waals surface area contributed by atoms with E-state index in [9.17, 15) is 18.4 Å². The SMILES string of the molecule is CC(=O)N1CCC2=C(C1)C(N1CCCc3cc(-c4cnn(C)c4)c(C(F)F)cc31)=N[N+]2=C1CCC(OC2CN(C3=CC=C(C(=O)O)NN3)C2)CC1. The fourth-order valence-corrected chi connectivity index (χ4v) is 7.96. The Labute approximate surface area is 294 Å². The Morgan fingerprint density at radius 3 is 2.53 bits per heavy atom. The van der Waals surface area contributed by atoms with E-state index in [-0.39, 0.29) is 29.4 Å². The van der Waals surface area contributed by atoms with Crippen molar-refractivity contribution in [2.75, 3.05) is 37.6 Å². The van der Waals surface area contributed by atoms with E-state index in [0.717, 1.165) is 85.8 Å². The number of carbonyl (C=O) groups is 2. The van der Waals surface area contributed by atoms with Crippen molar-refractivity contribution in [2.24, 2.45) is 12.1 Å². The van der Waals surface area contributed by atoms with E-state index in [4.69, 9.17) is 14.9 Å². The van der Waals surface area contributed by atoms with Gasteiger partial charge in [0.05, 0.1) is 36.9 Å². The van der Waals surface area contributed by atoms with Crippen LogP contribution in [0.1, 0.15) is 63.0 Å². The maximum absolute atomic E-state index is 14.6. The average Bonchev–Trinajstić information content (AvgIpc) is 3.72. The molecule has 8 rings (SSSR count). The van der Waals surface area contributed by atoms with Crippen LogP contribution in [0.5, 0.6) is 0 Å². The maximum Gasteiger partial charge on any atom is 0.353 e. The highest BCUT2D eigenvalue weighted by Gasteiger charge is 2.43. The molecule has 3 N–H and O–H groups in total. The Kier molecular flexibility index (Phi) is 8.60. The number of hydrogen-bond acceptors (Lipinski definition) is 9. The summed E-state index contributed by atoms with van der Waals surface area (Å²) in [6, 6.07) is 3.53. The summed E-state index contributed by atoms with van der Waals surface area (Å²) in [6.07, 6.45) is 9.94. The number of alkyl halides is 2. The lowest BCUT2D eigenvalue weighted by molar-refractivity contribution is -0.484. The highest BCUT2D eigenvalue weighted by molar-refractivity contribution is 6.12. The number of aliphatic carboxylic acids is 1. The molecule has 1 aromatic carbocycles. The summed E-state index contributed by atoms with van der Waals surface area (Å²) in [5, 5.41) is 18.6. The van der Waals surface area contributed by atoms with Gasteiger partial charge in [-0.05, 0) is 61.1 Å². The van der Waals surface area contributed by atoms with Crippen LogP contribution in [-0.4, -0.2) is 97.7 Å². The van der Waals surface area contributed by atoms with Gasteiger partial charge in [-0.1, -0.05) is 4.68 Å². The summed E-state index contributed by atoms with van der Waals surface area (Å²) >= 11 is 0. The Hall–Kier alpha value is -5.05. The topological polar surface area (TPSA) is 131 Å². The fraction of sp³-hybridized carbons (Fsp3) is 0.472. The Balaban J connectivity index is 1.02. The van der Waals surface area contributed by atoms with Gasteiger partial charge in [0.25, 0.3) is 6.43 Å². The zero-order chi connectivity index (χ0) is 35.4. The Morgan fingerprint density at radius 2 is 1.86 bits per heavy atom. The van der Waals surface area contributed by atoms with Crippen LogP contribution in [0.4, 0.5) is 14.5 Å². The molecule has 268 valence electrons. The van der Waals surface area contributed by atoms with E-state index in [0.29, 0.717) is 37.2 Å². The van der Waals surface area contributed by atoms with Crippen molar-refractivity contribution in [1.29, 1.82) is 0 Å². The quantitative estimate of drug-likeness (QED) is 0.387. The monoisotopic (exact) mass is 702 g/mol. The van der Waals surface area contributed by atoms with Crippen molar-refractivity contribution in [2.45, 2.75) is 70.5 Å². The summed E-state index contributed by atoms with van der Waals surface area (Å²) in [6.45, 7) is 4.73. The number of hydrazine groups is 1. The zero-order valence-electron chi connectivity index (χ0n) is 28.7. The normalized spacial score (nSPS) is 22.2. The largest absolute Gasteiger partial charge is 0.477 e. The molecule has 0 unspecified atom stereocenters. The summed E-state index contributed by atoms with van der Waals surface area (Å²) in [5.41, 5.74) is 11.9. The molecule has 1 saturated carbocycles. The number of hydrazone groups is 1. The third kappa shape index (κ3) is 6.28. The lowest BCUT2D eigenvalue weighted by Crippen LogP contribution is -2.56. The first kappa shape index (κ1) is 33.1. The van der Waals surface area contributed by atoms with Gasteiger partial charge in [0, 0.05) is 81.1 Å². The van der Waals surface area contributed by atoms with Gasteiger partial charge in [-0.25, -0.2) is 13.6 Å². The molecule has 13 nitrogen and oxygen atoms in total. The predicted molar refractivity (Wildman–Crippen MR) is 185 cm³/mol. The molecule has 2 aromatic rings. The van der Waals surface area contributed by atoms with Gasteiger partial charge in [0.1, 0.15) is 11.5 Å². The first-order valence-corrected chi connectivity index (χ1v) is 17.6. The van der Waals surface area contributed by atoms with Crippen LogP contribution in [0, 0.1) is 0 Å². The van der Waals surface area contributed by atoms with Gasteiger partial charge in [0.15, 0.2) is 5.71 Å². The molecule has 1 aromatic heterocycles. The maximum atomic E-state index is 14.6. The van der Waals surface area contributed by atoms with Gasteiger partial charge in [-0.3, -0.25) is 20.3 Å². The number of amides is 1. The number of anilines is 1. The van der Waals surface area contributed by atoms with Gasteiger partial charge in [-0.2, -0.15) is 5.10 Å². The number of aryl methyl sites for hydroxylation is 2. The average molecular weight is 703 g/mol. The molecule has 15 heteroatoms. The predicted octanol–water partition coefficient (Wildman–Crippen LogP) is 3.63. The van der Waals surface area contributed by atoms with E-state index in [1.165, 1.54) is 5.71 Å². The lowest BCUT2D eigenvalue weighted by atomic mass is 9.92. The number of halogens is 2. The first-order chi connectivity index (χ1) is 24.6. The number of ether oxygens (including phenoxy) is 1. The summed E-state index contributed by atoms with van der Waals surface area (Å²) in [5.74, 6) is 0.555. The van der Waals surface area contributed by atoms with Crippen LogP contribution in [0.3, 0.4) is 0 Å². The van der Waals surface area contributed by atoms with Crippen molar-refractivity contribution < 1.29 is 32.9 Å². The molecule has 51 heavy (non-hydrogen) atoms. The van der Waals surface area contributed by atoms with E-state index in [1.807, 2.05) is 11.0 Å². The van der Waals surface area contributed by atoms with Crippen LogP contribution < -0.4 is 15.8 Å². The molecule has 0 bridgehead atoms. The molecular weight excluding hydrogens is 660 g/mol. The Morgan fingerprint density at radius 1 is 1.06 bits per heavy atom. The van der Waals surface area contributed by atoms with E-state index < -0.39 is 12.4 Å². The fourth-order valence-electron chi connectivity index (χ4n) is 7.96. The second-order valence-electron chi connectivity index (χ2n) is 14.0. The number of amidine groups is 1. The van der Waals surface area contributed by atoms with Crippen molar-refractivity contribution in [1.82, 2.24) is 30.4 Å². The van der Waals surface area contributed by atoms with Crippen LogP contribution in [0.15, 0.2) is 64.6 Å². The number of fused-ring (bicyclic) bond motifs is 1. The van der Waals surface area contributed by atoms with Crippen LogP contribution in [-0.2, 0) is 27.8 Å². The molecule has 0 atom stereocenters. The third-order valence-corrected chi connectivity index (χ3v) is 10.7. The van der Waals surface area contributed by atoms with Crippen molar-refractivity contribution in [3.63, 3.8) is 0 Å². The number of carbonyl (C=O) groups excluding carboxylic acids is 1. The number of carboxylic acids is 1. The third-order valence-electron chi connectivity index (χ3n) is 10.7. The van der Waals surface area contributed by atoms with Crippen LogP contribution in [0.25, 0.3) is 11.1 Å². The molecule has 1 amide bonds. The van der Waals surface area contributed by atoms with Crippen molar-refractivity contribution in [3.05, 3.63) is 70.6 Å². The molecule has 5 aliphatic heterocycles. The molecule has 2 fully saturated rings. The number of nitrogens with one attached hydrogen (secondary N) is 2. The number of aromatic nitrogens is 2. The van der Waals surface area contributed by atoms with Crippen LogP contribution in [0.2, 0.25) is 0 Å². The number of rotatable bonds is 6. The highest BCUT2D eigenvalue weighted by Crippen LogP contribution is 2.41. The molecule has 6 heterocycles. The second kappa shape index (κ2) is 13.2. The highest BCUT2D eigenvalue weighted by atomic mass is 19.3. The number of likely N-dealkylation sites (tertiary alicyclic amines) is 1. The molecule has 0 radical (unpaired) electrons. The van der Waals surface area contributed by atoms with Crippen molar-refractivity contribution in [3.8, 4) is 11.1 Å². The summed E-state index contributed by atoms with van der Waals surface area (Å²) in [7, 11) is 1.78. The lowest BCUT2D eigenvalue weighted by Gasteiger charge is -2.44. The van der Waals surface area contributed by atoms with Gasteiger partial charge < -0.3 is 24.5 Å². The molecular formula is C36H42F2N9O4+. The smallest absolute Gasteiger partial charge is 0.353 e. The first-order valence-electron chi connectivity index (χ1n) is 17.6. The van der Waals surface area contributed by atoms with Gasteiger partial charge in [-0.15, -0.1) is 0 Å². The minimum absolute atomic E-state index is 0.00709. The second-order valence-corrected chi connectivity index (χ2v) is 14.0. The Bertz CT molecular complexity index is 1930. The zero-order valence-corrected chi connectivity index (χ0v) is 28.7. The van der Waals surface area contributed by atoms with E-state index >= 15 is 0 Å². The number of nitrogens with zero attached hydrogens (tertiary/aromatic N) is 7. The number of hydrogen-bond donors (Lipinski definition) is 3. The van der Waals surface area contributed by atoms with E-state index in [1.54, 1.807) is 49.3 Å². The number of allylic oxidation sites excluding steroid dienone is 2.